The number of rotatable bonds is 3. The van der Waals surface area contributed by atoms with Crippen molar-refractivity contribution in [2.45, 2.75) is 6.92 Å². The van der Waals surface area contributed by atoms with Crippen molar-refractivity contribution >= 4 is 44.7 Å². The third-order valence-electron chi connectivity index (χ3n) is 2.94. The summed E-state index contributed by atoms with van der Waals surface area (Å²) < 4.78 is 14.6. The van der Waals surface area contributed by atoms with Gasteiger partial charge in [0.15, 0.2) is 0 Å². The maximum Gasteiger partial charge on any atom is 0.256 e. The van der Waals surface area contributed by atoms with Gasteiger partial charge in [-0.2, -0.15) is 0 Å². The molecule has 1 amide bonds. The summed E-state index contributed by atoms with van der Waals surface area (Å²) in [4.78, 5) is 12.3. The lowest BCUT2D eigenvalue weighted by Gasteiger charge is -2.10. The molecule has 0 aliphatic heterocycles. The van der Waals surface area contributed by atoms with E-state index in [2.05, 4.69) is 21.2 Å². The van der Waals surface area contributed by atoms with Gasteiger partial charge < -0.3 is 11.1 Å². The molecule has 6 heteroatoms. The summed E-state index contributed by atoms with van der Waals surface area (Å²) in [7, 11) is 0. The molecule has 0 unspecified atom stereocenters. The number of halogens is 2. The molecule has 0 aliphatic rings. The maximum absolute atomic E-state index is 13.9. The second-order valence-corrected chi connectivity index (χ2v) is 5.68. The summed E-state index contributed by atoms with van der Waals surface area (Å²) in [6.07, 6.45) is 0. The number of thiocarbonyl (C=S) groups is 1. The summed E-state index contributed by atoms with van der Waals surface area (Å²) in [5.74, 6) is -0.982. The molecule has 21 heavy (non-hydrogen) atoms. The third-order valence-corrected chi connectivity index (χ3v) is 4.23. The highest BCUT2D eigenvalue weighted by Gasteiger charge is 2.14. The molecule has 0 spiro atoms. The molecule has 0 bridgehead atoms. The second kappa shape index (κ2) is 6.32. The van der Waals surface area contributed by atoms with E-state index in [0.717, 1.165) is 5.56 Å². The topological polar surface area (TPSA) is 55.1 Å². The normalized spacial score (nSPS) is 10.2. The zero-order valence-electron chi connectivity index (χ0n) is 11.1. The van der Waals surface area contributed by atoms with Gasteiger partial charge in [0.2, 0.25) is 0 Å². The molecule has 2 aromatic carbocycles. The number of hydrogen-bond donors (Lipinski definition) is 2. The molecule has 2 rings (SSSR count). The quantitative estimate of drug-likeness (QED) is 0.812. The lowest BCUT2D eigenvalue weighted by molar-refractivity contribution is 0.102. The molecule has 0 aromatic heterocycles. The highest BCUT2D eigenvalue weighted by Crippen LogP contribution is 2.23. The Balaban J connectivity index is 2.28. The van der Waals surface area contributed by atoms with Crippen LogP contribution in [-0.2, 0) is 0 Å². The van der Waals surface area contributed by atoms with Gasteiger partial charge in [-0.1, -0.05) is 24.4 Å². The van der Waals surface area contributed by atoms with E-state index in [0.29, 0.717) is 15.6 Å². The molecule has 2 aromatic rings. The van der Waals surface area contributed by atoms with Crippen molar-refractivity contribution in [3.05, 3.63) is 63.4 Å². The first-order chi connectivity index (χ1) is 9.90. The van der Waals surface area contributed by atoms with Crippen molar-refractivity contribution in [3.63, 3.8) is 0 Å². The van der Waals surface area contributed by atoms with Crippen molar-refractivity contribution in [1.29, 1.82) is 0 Å². The van der Waals surface area contributed by atoms with Gasteiger partial charge >= 0.3 is 0 Å². The van der Waals surface area contributed by atoms with Crippen molar-refractivity contribution in [2.75, 3.05) is 5.32 Å². The Morgan fingerprint density at radius 3 is 2.67 bits per heavy atom. The van der Waals surface area contributed by atoms with E-state index in [9.17, 15) is 9.18 Å². The minimum atomic E-state index is -0.586. The Morgan fingerprint density at radius 1 is 1.33 bits per heavy atom. The molecule has 3 N–H and O–H groups in total. The maximum atomic E-state index is 13.9. The number of carbonyl (C=O) groups is 1. The number of anilines is 1. The van der Waals surface area contributed by atoms with Crippen LogP contribution < -0.4 is 11.1 Å². The molecule has 3 nitrogen and oxygen atoms in total. The van der Waals surface area contributed by atoms with E-state index in [1.807, 2.05) is 13.0 Å². The lowest BCUT2D eigenvalue weighted by atomic mass is 10.1. The smallest absolute Gasteiger partial charge is 0.256 e. The summed E-state index contributed by atoms with van der Waals surface area (Å²) in [5.41, 5.74) is 7.28. The van der Waals surface area contributed by atoms with Crippen LogP contribution in [0.3, 0.4) is 0 Å². The number of hydrogen-bond acceptors (Lipinski definition) is 2. The lowest BCUT2D eigenvalue weighted by Crippen LogP contribution is -2.15. The average molecular weight is 367 g/mol. The number of aryl methyl sites for hydroxylation is 1. The molecule has 0 saturated carbocycles. The van der Waals surface area contributed by atoms with Crippen molar-refractivity contribution < 1.29 is 9.18 Å². The van der Waals surface area contributed by atoms with Gasteiger partial charge in [-0.05, 0) is 52.7 Å². The molecule has 0 radical (unpaired) electrons. The summed E-state index contributed by atoms with van der Waals surface area (Å²) in [5, 5.41) is 2.53. The van der Waals surface area contributed by atoms with E-state index in [1.54, 1.807) is 18.2 Å². The van der Waals surface area contributed by atoms with Crippen LogP contribution in [0.2, 0.25) is 0 Å². The predicted molar refractivity (Wildman–Crippen MR) is 89.1 cm³/mol. The Labute approximate surface area is 135 Å². The van der Waals surface area contributed by atoms with E-state index in [4.69, 9.17) is 18.0 Å². The Kier molecular flexibility index (Phi) is 4.69. The zero-order valence-corrected chi connectivity index (χ0v) is 13.5. The predicted octanol–water partition coefficient (Wildman–Crippen LogP) is 3.78. The minimum Gasteiger partial charge on any atom is -0.389 e. The summed E-state index contributed by atoms with van der Waals surface area (Å²) >= 11 is 8.13. The van der Waals surface area contributed by atoms with Gasteiger partial charge in [-0.25, -0.2) is 4.39 Å². The number of nitrogens with two attached hydrogens (primary N) is 1. The second-order valence-electron chi connectivity index (χ2n) is 4.45. The Hall–Kier alpha value is -1.79. The van der Waals surface area contributed by atoms with Crippen LogP contribution in [-0.4, -0.2) is 10.9 Å². The highest BCUT2D eigenvalue weighted by molar-refractivity contribution is 9.10. The molecular formula is C15H12BrFN2OS. The largest absolute Gasteiger partial charge is 0.389 e. The standard InChI is InChI=1S/C15H12BrFN2OS/c1-8-3-2-4-10(13(8)16)15(20)19-12-6-5-9(14(18)21)7-11(12)17/h2-7H,1H3,(H2,18,21)(H,19,20). The summed E-state index contributed by atoms with van der Waals surface area (Å²) in [6.45, 7) is 1.87. The van der Waals surface area contributed by atoms with Crippen LogP contribution in [0, 0.1) is 12.7 Å². The monoisotopic (exact) mass is 366 g/mol. The van der Waals surface area contributed by atoms with E-state index in [-0.39, 0.29) is 10.7 Å². The number of carbonyl (C=O) groups excluding carboxylic acids is 1. The molecule has 0 saturated heterocycles. The zero-order chi connectivity index (χ0) is 15.6. The fourth-order valence-corrected chi connectivity index (χ4v) is 2.35. The first-order valence-corrected chi connectivity index (χ1v) is 7.26. The summed E-state index contributed by atoms with van der Waals surface area (Å²) in [6, 6.07) is 9.49. The van der Waals surface area contributed by atoms with Gasteiger partial charge in [-0.3, -0.25) is 4.79 Å². The van der Waals surface area contributed by atoms with Crippen molar-refractivity contribution in [2.24, 2.45) is 5.73 Å². The van der Waals surface area contributed by atoms with Crippen LogP contribution in [0.5, 0.6) is 0 Å². The molecule has 0 atom stereocenters. The van der Waals surface area contributed by atoms with Crippen LogP contribution in [0.1, 0.15) is 21.5 Å². The van der Waals surface area contributed by atoms with Crippen LogP contribution in [0.4, 0.5) is 10.1 Å². The van der Waals surface area contributed by atoms with Crippen LogP contribution in [0.25, 0.3) is 0 Å². The van der Waals surface area contributed by atoms with Gasteiger partial charge in [0.25, 0.3) is 5.91 Å². The van der Waals surface area contributed by atoms with E-state index in [1.165, 1.54) is 12.1 Å². The number of benzene rings is 2. The number of amides is 1. The minimum absolute atomic E-state index is 0.0772. The van der Waals surface area contributed by atoms with Crippen LogP contribution >= 0.6 is 28.1 Å². The third kappa shape index (κ3) is 3.46. The Morgan fingerprint density at radius 2 is 2.05 bits per heavy atom. The highest BCUT2D eigenvalue weighted by atomic mass is 79.9. The fourth-order valence-electron chi connectivity index (χ4n) is 1.78. The number of nitrogens with one attached hydrogen (secondary N) is 1. The molecule has 0 aliphatic carbocycles. The van der Waals surface area contributed by atoms with Crippen LogP contribution in [0.15, 0.2) is 40.9 Å². The molecule has 108 valence electrons. The average Bonchev–Trinajstić information content (AvgIpc) is 2.43. The molecular weight excluding hydrogens is 355 g/mol. The van der Waals surface area contributed by atoms with Gasteiger partial charge in [-0.15, -0.1) is 0 Å². The van der Waals surface area contributed by atoms with Crippen molar-refractivity contribution in [3.8, 4) is 0 Å². The van der Waals surface area contributed by atoms with Gasteiger partial charge in [0.1, 0.15) is 10.8 Å². The molecule has 0 heterocycles. The molecule has 0 fully saturated rings. The van der Waals surface area contributed by atoms with Gasteiger partial charge in [0.05, 0.1) is 11.3 Å². The fraction of sp³-hybridized carbons (Fsp3) is 0.0667. The SMILES string of the molecule is Cc1cccc(C(=O)Nc2ccc(C(N)=S)cc2F)c1Br. The first-order valence-electron chi connectivity index (χ1n) is 6.06. The Bertz CT molecular complexity index is 734. The van der Waals surface area contributed by atoms with E-state index >= 15 is 0 Å². The van der Waals surface area contributed by atoms with E-state index < -0.39 is 11.7 Å². The first kappa shape index (κ1) is 15.6. The van der Waals surface area contributed by atoms with Crippen molar-refractivity contribution in [1.82, 2.24) is 0 Å². The van der Waals surface area contributed by atoms with Gasteiger partial charge in [0, 0.05) is 10.0 Å².